The maximum absolute atomic E-state index is 12.8. The van der Waals surface area contributed by atoms with Gasteiger partial charge < -0.3 is 19.8 Å². The average molecular weight is 770 g/mol. The van der Waals surface area contributed by atoms with Crippen molar-refractivity contribution < 1.29 is 37.7 Å². The largest absolute Gasteiger partial charge is 0.472 e. The number of phosphoric ester groups is 1. The third kappa shape index (κ3) is 37.1. The van der Waals surface area contributed by atoms with Gasteiger partial charge in [0.1, 0.15) is 13.2 Å². The van der Waals surface area contributed by atoms with Crippen molar-refractivity contribution in [3.63, 3.8) is 0 Å². The molecule has 0 saturated heterocycles. The van der Waals surface area contributed by atoms with E-state index in [1.54, 1.807) is 12.2 Å². The maximum atomic E-state index is 12.8. The van der Waals surface area contributed by atoms with Crippen LogP contribution in [0.4, 0.5) is 0 Å². The Morgan fingerprint density at radius 3 is 1.75 bits per heavy atom. The molecule has 0 spiro atoms. The number of hydrogen-bond donors (Lipinski definition) is 3. The molecule has 0 aliphatic rings. The van der Waals surface area contributed by atoms with Gasteiger partial charge in [0.15, 0.2) is 5.78 Å². The van der Waals surface area contributed by atoms with Crippen LogP contribution in [0.5, 0.6) is 0 Å². The molecule has 0 heterocycles. The van der Waals surface area contributed by atoms with Crippen LogP contribution >= 0.6 is 7.82 Å². The van der Waals surface area contributed by atoms with Gasteiger partial charge in [0.2, 0.25) is 5.91 Å². The van der Waals surface area contributed by atoms with Crippen LogP contribution in [0.1, 0.15) is 174 Å². The second-order valence-electron chi connectivity index (χ2n) is 15.8. The average Bonchev–Trinajstić information content (AvgIpc) is 3.10. The molecule has 1 amide bonds. The predicted octanol–water partition coefficient (Wildman–Crippen LogP) is 10.7. The number of nitrogens with zero attached hydrogens (tertiary/aromatic N) is 1. The minimum absolute atomic E-state index is 0.0390. The van der Waals surface area contributed by atoms with Crippen LogP contribution in [0.15, 0.2) is 36.5 Å². The van der Waals surface area contributed by atoms with Crippen molar-refractivity contribution in [2.24, 2.45) is 0 Å². The van der Waals surface area contributed by atoms with E-state index in [0.29, 0.717) is 23.9 Å². The number of amides is 1. The lowest BCUT2D eigenvalue weighted by molar-refractivity contribution is -0.870. The number of aliphatic hydroxyl groups excluding tert-OH is 1. The first-order valence-electron chi connectivity index (χ1n) is 21.3. The summed E-state index contributed by atoms with van der Waals surface area (Å²) >= 11 is 0. The second-order valence-corrected chi connectivity index (χ2v) is 17.2. The highest BCUT2D eigenvalue weighted by atomic mass is 31.2. The summed E-state index contributed by atoms with van der Waals surface area (Å²) in [5.74, 6) is -0.108. The van der Waals surface area contributed by atoms with Gasteiger partial charge in [0, 0.05) is 12.8 Å². The standard InChI is InChI=1S/C43H81N2O7P/c1-6-8-10-12-14-15-16-17-18-19-20-21-23-27-31-35-42(47)41(39-52-53(49,50)51-38-37-45(3,4)5)44-43(48)36-32-28-24-26-30-34-40(46)33-29-25-22-13-11-9-7-2/h22,25,29,31,33,35,41-42,47H,6-21,23-24,26-28,30,32,34,36-39H2,1-5H3,(H-,44,48,49,50)/p+1/b25-22-,33-29+,35-31+/t41-,42+/m0/s1. The maximum Gasteiger partial charge on any atom is 0.472 e. The molecule has 0 saturated carbocycles. The van der Waals surface area contributed by atoms with Crippen LogP contribution in [0.25, 0.3) is 0 Å². The molecule has 1 unspecified atom stereocenters. The molecule has 0 aromatic rings. The highest BCUT2D eigenvalue weighted by Gasteiger charge is 2.27. The first-order chi connectivity index (χ1) is 25.4. The summed E-state index contributed by atoms with van der Waals surface area (Å²) in [7, 11) is 1.49. The molecule has 0 bridgehead atoms. The van der Waals surface area contributed by atoms with Crippen LogP contribution in [0, 0.1) is 0 Å². The zero-order chi connectivity index (χ0) is 39.5. The number of allylic oxidation sites excluding steroid dienone is 5. The number of rotatable bonds is 38. The van der Waals surface area contributed by atoms with E-state index in [9.17, 15) is 24.2 Å². The number of carbonyl (C=O) groups is 2. The van der Waals surface area contributed by atoms with Gasteiger partial charge >= 0.3 is 7.82 Å². The van der Waals surface area contributed by atoms with Crippen molar-refractivity contribution in [1.82, 2.24) is 5.32 Å². The van der Waals surface area contributed by atoms with Gasteiger partial charge in [-0.25, -0.2) is 4.57 Å². The van der Waals surface area contributed by atoms with Crippen LogP contribution in [-0.2, 0) is 23.2 Å². The molecule has 0 fully saturated rings. The molecule has 0 rings (SSSR count). The molecule has 310 valence electrons. The van der Waals surface area contributed by atoms with Crippen molar-refractivity contribution in [3.05, 3.63) is 36.5 Å². The Hall–Kier alpha value is -1.61. The summed E-state index contributed by atoms with van der Waals surface area (Å²) in [4.78, 5) is 35.1. The molecule has 3 atom stereocenters. The third-order valence-corrected chi connectivity index (χ3v) is 10.3. The van der Waals surface area contributed by atoms with E-state index in [4.69, 9.17) is 9.05 Å². The fourth-order valence-electron chi connectivity index (χ4n) is 5.84. The first-order valence-corrected chi connectivity index (χ1v) is 22.8. The van der Waals surface area contributed by atoms with Crippen molar-refractivity contribution in [1.29, 1.82) is 0 Å². The fourth-order valence-corrected chi connectivity index (χ4v) is 6.58. The lowest BCUT2D eigenvalue weighted by Gasteiger charge is -2.25. The number of likely N-dealkylation sites (N-methyl/N-ethyl adjacent to an activating group) is 1. The molecule has 3 N–H and O–H groups in total. The van der Waals surface area contributed by atoms with Crippen LogP contribution in [0.2, 0.25) is 0 Å². The van der Waals surface area contributed by atoms with Gasteiger partial charge in [-0.15, -0.1) is 0 Å². The van der Waals surface area contributed by atoms with Gasteiger partial charge in [-0.3, -0.25) is 18.6 Å². The molecule has 0 aromatic heterocycles. The van der Waals surface area contributed by atoms with E-state index >= 15 is 0 Å². The number of carbonyl (C=O) groups excluding carboxylic acids is 2. The van der Waals surface area contributed by atoms with E-state index in [2.05, 4.69) is 25.2 Å². The molecular formula is C43H82N2O7P+. The Morgan fingerprint density at radius 1 is 0.679 bits per heavy atom. The lowest BCUT2D eigenvalue weighted by atomic mass is 10.0. The Labute approximate surface area is 325 Å². The molecule has 0 radical (unpaired) electrons. The minimum atomic E-state index is -4.36. The molecule has 10 heteroatoms. The lowest BCUT2D eigenvalue weighted by Crippen LogP contribution is -2.45. The fraction of sp³-hybridized carbons (Fsp3) is 0.814. The minimum Gasteiger partial charge on any atom is -0.387 e. The molecule has 0 aliphatic heterocycles. The number of aliphatic hydroxyl groups is 1. The Kier molecular flexibility index (Phi) is 33.8. The number of quaternary nitrogens is 1. The molecule has 9 nitrogen and oxygen atoms in total. The van der Waals surface area contributed by atoms with Crippen LogP contribution in [0.3, 0.4) is 0 Å². The van der Waals surface area contributed by atoms with Gasteiger partial charge in [-0.2, -0.15) is 0 Å². The van der Waals surface area contributed by atoms with Crippen LogP contribution < -0.4 is 5.32 Å². The molecular weight excluding hydrogens is 687 g/mol. The predicted molar refractivity (Wildman–Crippen MR) is 222 cm³/mol. The normalized spacial score (nSPS) is 14.7. The van der Waals surface area contributed by atoms with Crippen molar-refractivity contribution in [2.75, 3.05) is 40.9 Å². The number of unbranched alkanes of at least 4 members (excludes halogenated alkanes) is 20. The van der Waals surface area contributed by atoms with E-state index in [-0.39, 0.29) is 31.3 Å². The summed E-state index contributed by atoms with van der Waals surface area (Å²) in [5, 5.41) is 13.7. The van der Waals surface area contributed by atoms with Crippen LogP contribution in [-0.4, -0.2) is 79.2 Å². The van der Waals surface area contributed by atoms with E-state index in [1.807, 2.05) is 39.4 Å². The highest BCUT2D eigenvalue weighted by molar-refractivity contribution is 7.47. The van der Waals surface area contributed by atoms with Gasteiger partial charge in [-0.1, -0.05) is 153 Å². The first kappa shape index (κ1) is 51.4. The van der Waals surface area contributed by atoms with Crippen molar-refractivity contribution in [3.8, 4) is 0 Å². The summed E-state index contributed by atoms with van der Waals surface area (Å²) in [5.41, 5.74) is 0. The van der Waals surface area contributed by atoms with Crippen molar-refractivity contribution >= 4 is 19.5 Å². The zero-order valence-electron chi connectivity index (χ0n) is 34.7. The Bertz CT molecular complexity index is 1020. The Balaban J connectivity index is 4.57. The van der Waals surface area contributed by atoms with E-state index in [1.165, 1.54) is 89.9 Å². The number of nitrogens with one attached hydrogen (secondary N) is 1. The molecule has 53 heavy (non-hydrogen) atoms. The quantitative estimate of drug-likeness (QED) is 0.0143. The summed E-state index contributed by atoms with van der Waals surface area (Å²) < 4.78 is 23.5. The van der Waals surface area contributed by atoms with E-state index in [0.717, 1.165) is 51.4 Å². The highest BCUT2D eigenvalue weighted by Crippen LogP contribution is 2.43. The SMILES string of the molecule is CCCCC/C=C\C=C\C(=O)CCCCCCCC(=O)N[C@@H](COP(=O)(O)OCC[N+](C)(C)C)[C@H](O)/C=C/CCCCCCCCCCCCCCC. The van der Waals surface area contributed by atoms with Crippen molar-refractivity contribution in [2.45, 2.75) is 187 Å². The number of ketones is 1. The van der Waals surface area contributed by atoms with E-state index < -0.39 is 20.0 Å². The monoisotopic (exact) mass is 770 g/mol. The summed E-state index contributed by atoms with van der Waals surface area (Å²) in [6.07, 6.45) is 37.3. The van der Waals surface area contributed by atoms with Gasteiger partial charge in [0.25, 0.3) is 0 Å². The summed E-state index contributed by atoms with van der Waals surface area (Å²) in [6, 6.07) is -0.891. The molecule has 0 aromatic carbocycles. The number of hydrogen-bond acceptors (Lipinski definition) is 6. The Morgan fingerprint density at radius 2 is 1.17 bits per heavy atom. The third-order valence-electron chi connectivity index (χ3n) is 9.33. The number of phosphoric acid groups is 1. The summed E-state index contributed by atoms with van der Waals surface area (Å²) in [6.45, 7) is 4.64. The zero-order valence-corrected chi connectivity index (χ0v) is 35.6. The second kappa shape index (κ2) is 34.8. The topological polar surface area (TPSA) is 122 Å². The van der Waals surface area contributed by atoms with Gasteiger partial charge in [0.05, 0.1) is 39.9 Å². The van der Waals surface area contributed by atoms with Gasteiger partial charge in [-0.05, 0) is 44.6 Å². The molecule has 0 aliphatic carbocycles. The smallest absolute Gasteiger partial charge is 0.387 e.